The standard InChI is InChI=1S/C14H12F3N3O/c1-8-2-3-9(7-19-8)13(21)20-12-5-4-10(6-11(12)18)14(15,16)17/h2-7H,18H2,1H3,(H,20,21). The number of rotatable bonds is 2. The van der Waals surface area contributed by atoms with Gasteiger partial charge in [-0.05, 0) is 37.3 Å². The van der Waals surface area contributed by atoms with Gasteiger partial charge in [-0.1, -0.05) is 0 Å². The van der Waals surface area contributed by atoms with E-state index in [0.717, 1.165) is 23.9 Å². The quantitative estimate of drug-likeness (QED) is 0.836. The van der Waals surface area contributed by atoms with Crippen LogP contribution in [0.4, 0.5) is 24.5 Å². The summed E-state index contributed by atoms with van der Waals surface area (Å²) in [5.41, 5.74) is 5.68. The van der Waals surface area contributed by atoms with Gasteiger partial charge in [0.2, 0.25) is 0 Å². The van der Waals surface area contributed by atoms with Crippen molar-refractivity contribution < 1.29 is 18.0 Å². The first-order valence-corrected chi connectivity index (χ1v) is 5.98. The van der Waals surface area contributed by atoms with Crippen molar-refractivity contribution >= 4 is 17.3 Å². The Morgan fingerprint density at radius 1 is 1.24 bits per heavy atom. The zero-order chi connectivity index (χ0) is 15.6. The molecule has 7 heteroatoms. The summed E-state index contributed by atoms with van der Waals surface area (Å²) >= 11 is 0. The molecular formula is C14H12F3N3O. The average molecular weight is 295 g/mol. The lowest BCUT2D eigenvalue weighted by molar-refractivity contribution is -0.137. The molecule has 2 rings (SSSR count). The van der Waals surface area contributed by atoms with E-state index in [1.807, 2.05) is 0 Å². The number of benzene rings is 1. The largest absolute Gasteiger partial charge is 0.416 e. The van der Waals surface area contributed by atoms with E-state index in [-0.39, 0.29) is 11.4 Å². The van der Waals surface area contributed by atoms with Crippen LogP contribution in [0.15, 0.2) is 36.5 Å². The molecule has 0 saturated heterocycles. The lowest BCUT2D eigenvalue weighted by atomic mass is 10.1. The van der Waals surface area contributed by atoms with E-state index in [0.29, 0.717) is 5.56 Å². The van der Waals surface area contributed by atoms with Gasteiger partial charge in [0, 0.05) is 11.9 Å². The van der Waals surface area contributed by atoms with Crippen LogP contribution in [0.1, 0.15) is 21.6 Å². The molecule has 0 aliphatic heterocycles. The van der Waals surface area contributed by atoms with Crippen LogP contribution in [0.5, 0.6) is 0 Å². The van der Waals surface area contributed by atoms with Gasteiger partial charge in [-0.3, -0.25) is 9.78 Å². The number of nitrogens with two attached hydrogens (primary N) is 1. The minimum atomic E-state index is -4.47. The Bertz CT molecular complexity index is 666. The molecule has 1 amide bonds. The smallest absolute Gasteiger partial charge is 0.397 e. The van der Waals surface area contributed by atoms with Crippen LogP contribution in [0.3, 0.4) is 0 Å². The van der Waals surface area contributed by atoms with Gasteiger partial charge in [-0.25, -0.2) is 0 Å². The lowest BCUT2D eigenvalue weighted by Gasteiger charge is -2.11. The summed E-state index contributed by atoms with van der Waals surface area (Å²) in [6.45, 7) is 1.77. The number of aromatic nitrogens is 1. The van der Waals surface area contributed by atoms with Crippen LogP contribution < -0.4 is 11.1 Å². The maximum atomic E-state index is 12.5. The van der Waals surface area contributed by atoms with Crippen molar-refractivity contribution in [2.75, 3.05) is 11.1 Å². The van der Waals surface area contributed by atoms with Crippen LogP contribution >= 0.6 is 0 Å². The zero-order valence-electron chi connectivity index (χ0n) is 11.0. The first-order chi connectivity index (χ1) is 9.77. The topological polar surface area (TPSA) is 68.0 Å². The number of nitrogens with one attached hydrogen (secondary N) is 1. The molecule has 0 atom stereocenters. The third-order valence-electron chi connectivity index (χ3n) is 2.80. The first-order valence-electron chi connectivity index (χ1n) is 5.98. The minimum absolute atomic E-state index is 0.119. The highest BCUT2D eigenvalue weighted by atomic mass is 19.4. The second-order valence-electron chi connectivity index (χ2n) is 4.44. The molecule has 0 unspecified atom stereocenters. The summed E-state index contributed by atoms with van der Waals surface area (Å²) in [4.78, 5) is 15.9. The molecule has 0 radical (unpaired) electrons. The van der Waals surface area contributed by atoms with Crippen molar-refractivity contribution in [1.29, 1.82) is 0 Å². The Kier molecular flexibility index (Phi) is 3.84. The number of anilines is 2. The number of nitrogen functional groups attached to an aromatic ring is 1. The zero-order valence-corrected chi connectivity index (χ0v) is 11.0. The van der Waals surface area contributed by atoms with E-state index in [9.17, 15) is 18.0 Å². The molecule has 1 heterocycles. The molecule has 0 aliphatic rings. The fourth-order valence-electron chi connectivity index (χ4n) is 1.65. The van der Waals surface area contributed by atoms with Crippen LogP contribution in [-0.2, 0) is 6.18 Å². The van der Waals surface area contributed by atoms with Crippen molar-refractivity contribution in [1.82, 2.24) is 4.98 Å². The second kappa shape index (κ2) is 5.43. The van der Waals surface area contributed by atoms with E-state index < -0.39 is 17.6 Å². The molecule has 0 aliphatic carbocycles. The fraction of sp³-hybridized carbons (Fsp3) is 0.143. The molecule has 1 aromatic heterocycles. The highest BCUT2D eigenvalue weighted by Gasteiger charge is 2.30. The molecule has 0 spiro atoms. The molecule has 0 saturated carbocycles. The number of carbonyl (C=O) groups excluding carboxylic acids is 1. The molecule has 0 fully saturated rings. The SMILES string of the molecule is Cc1ccc(C(=O)Nc2ccc(C(F)(F)F)cc2N)cn1. The van der Waals surface area contributed by atoms with E-state index in [1.54, 1.807) is 19.1 Å². The summed E-state index contributed by atoms with van der Waals surface area (Å²) in [6.07, 6.45) is -3.09. The van der Waals surface area contributed by atoms with Crippen LogP contribution in [0.2, 0.25) is 0 Å². The molecule has 1 aromatic carbocycles. The molecule has 3 N–H and O–H groups in total. The third-order valence-corrected chi connectivity index (χ3v) is 2.80. The number of halogens is 3. The summed E-state index contributed by atoms with van der Waals surface area (Å²) in [6, 6.07) is 5.99. The number of hydrogen-bond donors (Lipinski definition) is 2. The van der Waals surface area contributed by atoms with Gasteiger partial charge < -0.3 is 11.1 Å². The molecule has 0 bridgehead atoms. The molecule has 21 heavy (non-hydrogen) atoms. The molecule has 4 nitrogen and oxygen atoms in total. The first kappa shape index (κ1) is 14.8. The summed E-state index contributed by atoms with van der Waals surface area (Å²) in [5.74, 6) is -0.492. The summed E-state index contributed by atoms with van der Waals surface area (Å²) in [5, 5.41) is 2.45. The number of aryl methyl sites for hydroxylation is 1. The Labute approximate surface area is 118 Å². The second-order valence-corrected chi connectivity index (χ2v) is 4.44. The van der Waals surface area contributed by atoms with E-state index >= 15 is 0 Å². The number of pyridine rings is 1. The third kappa shape index (κ3) is 3.50. The summed E-state index contributed by atoms with van der Waals surface area (Å²) < 4.78 is 37.5. The Morgan fingerprint density at radius 2 is 1.95 bits per heavy atom. The Morgan fingerprint density at radius 3 is 2.48 bits per heavy atom. The fourth-order valence-corrected chi connectivity index (χ4v) is 1.65. The summed E-state index contributed by atoms with van der Waals surface area (Å²) in [7, 11) is 0. The van der Waals surface area contributed by atoms with Gasteiger partial charge >= 0.3 is 6.18 Å². The van der Waals surface area contributed by atoms with Gasteiger partial charge in [0.25, 0.3) is 5.91 Å². The number of hydrogen-bond acceptors (Lipinski definition) is 3. The number of amides is 1. The predicted molar refractivity (Wildman–Crippen MR) is 72.8 cm³/mol. The normalized spacial score (nSPS) is 11.2. The molecular weight excluding hydrogens is 283 g/mol. The minimum Gasteiger partial charge on any atom is -0.397 e. The van der Waals surface area contributed by atoms with Gasteiger partial charge in [-0.15, -0.1) is 0 Å². The van der Waals surface area contributed by atoms with Gasteiger partial charge in [0.15, 0.2) is 0 Å². The van der Waals surface area contributed by atoms with Gasteiger partial charge in [-0.2, -0.15) is 13.2 Å². The molecule has 2 aromatic rings. The highest BCUT2D eigenvalue weighted by Crippen LogP contribution is 2.32. The predicted octanol–water partition coefficient (Wildman–Crippen LogP) is 3.24. The number of nitrogens with zero attached hydrogens (tertiary/aromatic N) is 1. The maximum absolute atomic E-state index is 12.5. The number of carbonyl (C=O) groups is 1. The van der Waals surface area contributed by atoms with E-state index in [1.165, 1.54) is 6.20 Å². The van der Waals surface area contributed by atoms with Crippen molar-refractivity contribution in [3.63, 3.8) is 0 Å². The Balaban J connectivity index is 2.20. The van der Waals surface area contributed by atoms with Crippen molar-refractivity contribution in [2.45, 2.75) is 13.1 Å². The van der Waals surface area contributed by atoms with Crippen LogP contribution in [0.25, 0.3) is 0 Å². The highest BCUT2D eigenvalue weighted by molar-refractivity contribution is 6.05. The number of alkyl halides is 3. The van der Waals surface area contributed by atoms with Crippen LogP contribution in [0, 0.1) is 6.92 Å². The van der Waals surface area contributed by atoms with Gasteiger partial charge in [0.1, 0.15) is 0 Å². The van der Waals surface area contributed by atoms with Crippen molar-refractivity contribution in [3.8, 4) is 0 Å². The van der Waals surface area contributed by atoms with Crippen LogP contribution in [-0.4, -0.2) is 10.9 Å². The van der Waals surface area contributed by atoms with Crippen molar-refractivity contribution in [2.24, 2.45) is 0 Å². The van der Waals surface area contributed by atoms with E-state index in [4.69, 9.17) is 5.73 Å². The maximum Gasteiger partial charge on any atom is 0.416 e. The van der Waals surface area contributed by atoms with E-state index in [2.05, 4.69) is 10.3 Å². The monoisotopic (exact) mass is 295 g/mol. The molecule has 110 valence electrons. The lowest BCUT2D eigenvalue weighted by Crippen LogP contribution is -2.14. The Hall–Kier alpha value is -2.57. The van der Waals surface area contributed by atoms with Crippen molar-refractivity contribution in [3.05, 3.63) is 53.3 Å². The van der Waals surface area contributed by atoms with Gasteiger partial charge in [0.05, 0.1) is 22.5 Å². The average Bonchev–Trinajstić information content (AvgIpc) is 2.40.